The predicted molar refractivity (Wildman–Crippen MR) is 89.1 cm³/mol. The molecule has 3 rings (SSSR count). The standard InChI is InChI=1S/C18H21N3O2/c1-13(2)18(21-7-9-22-10-8-21)20-17-14(11-19)12-23-16-6-4-3-5-15(16)17/h3-6,13H,7-10,12H2,1-2H3. The summed E-state index contributed by atoms with van der Waals surface area (Å²) in [5.74, 6) is 2.07. The quantitative estimate of drug-likeness (QED) is 0.622. The summed E-state index contributed by atoms with van der Waals surface area (Å²) in [6, 6.07) is 10.0. The van der Waals surface area contributed by atoms with Gasteiger partial charge in [-0.2, -0.15) is 5.26 Å². The lowest BCUT2D eigenvalue weighted by molar-refractivity contribution is 0.0663. The molecule has 2 aliphatic heterocycles. The van der Waals surface area contributed by atoms with E-state index in [1.54, 1.807) is 0 Å². The SMILES string of the molecule is CC(C)C(=NC1=C(C#N)COc2ccccc21)N1CCOCC1. The third-order valence-electron chi connectivity index (χ3n) is 4.01. The van der Waals surface area contributed by atoms with Gasteiger partial charge in [-0.1, -0.05) is 26.0 Å². The number of amidine groups is 1. The zero-order chi connectivity index (χ0) is 16.2. The van der Waals surface area contributed by atoms with Gasteiger partial charge in [0, 0.05) is 24.6 Å². The third-order valence-corrected chi connectivity index (χ3v) is 4.01. The highest BCUT2D eigenvalue weighted by molar-refractivity contribution is 5.92. The van der Waals surface area contributed by atoms with E-state index >= 15 is 0 Å². The fourth-order valence-electron chi connectivity index (χ4n) is 2.85. The smallest absolute Gasteiger partial charge is 0.129 e. The van der Waals surface area contributed by atoms with Gasteiger partial charge in [0.25, 0.3) is 0 Å². The lowest BCUT2D eigenvalue weighted by Crippen LogP contribution is -2.43. The van der Waals surface area contributed by atoms with Gasteiger partial charge in [0.05, 0.1) is 24.5 Å². The van der Waals surface area contributed by atoms with Crippen molar-refractivity contribution in [3.8, 4) is 11.8 Å². The van der Waals surface area contributed by atoms with Gasteiger partial charge in [-0.05, 0) is 12.1 Å². The van der Waals surface area contributed by atoms with Crippen molar-refractivity contribution in [1.29, 1.82) is 5.26 Å². The number of ether oxygens (including phenoxy) is 2. The fourth-order valence-corrected chi connectivity index (χ4v) is 2.85. The molecule has 5 nitrogen and oxygen atoms in total. The molecule has 120 valence electrons. The average molecular weight is 311 g/mol. The van der Waals surface area contributed by atoms with Crippen LogP contribution in [0.25, 0.3) is 5.70 Å². The van der Waals surface area contributed by atoms with E-state index in [1.807, 2.05) is 24.3 Å². The second-order valence-corrected chi connectivity index (χ2v) is 5.95. The van der Waals surface area contributed by atoms with Gasteiger partial charge in [-0.25, -0.2) is 4.99 Å². The number of aliphatic imine (C=N–C) groups is 1. The summed E-state index contributed by atoms with van der Waals surface area (Å²) in [5, 5.41) is 9.46. The summed E-state index contributed by atoms with van der Waals surface area (Å²) in [6.07, 6.45) is 0. The number of para-hydroxylation sites is 1. The van der Waals surface area contributed by atoms with Crippen LogP contribution in [-0.2, 0) is 4.74 Å². The van der Waals surface area contributed by atoms with Crippen LogP contribution in [0, 0.1) is 17.2 Å². The summed E-state index contributed by atoms with van der Waals surface area (Å²) in [5.41, 5.74) is 2.21. The minimum Gasteiger partial charge on any atom is -0.487 e. The monoisotopic (exact) mass is 311 g/mol. The topological polar surface area (TPSA) is 57.8 Å². The molecule has 1 aromatic rings. The van der Waals surface area contributed by atoms with Crippen LogP contribution in [0.5, 0.6) is 5.75 Å². The Balaban J connectivity index is 2.05. The van der Waals surface area contributed by atoms with Crippen LogP contribution in [0.2, 0.25) is 0 Å². The normalized spacial score (nSPS) is 18.5. The lowest BCUT2D eigenvalue weighted by Gasteiger charge is -2.32. The first-order valence-corrected chi connectivity index (χ1v) is 7.97. The van der Waals surface area contributed by atoms with Crippen LogP contribution in [0.15, 0.2) is 34.8 Å². The first kappa shape index (κ1) is 15.6. The second kappa shape index (κ2) is 6.84. The van der Waals surface area contributed by atoms with Crippen LogP contribution >= 0.6 is 0 Å². The molecule has 0 N–H and O–H groups in total. The molecule has 0 bridgehead atoms. The molecule has 5 heteroatoms. The summed E-state index contributed by atoms with van der Waals surface area (Å²) in [4.78, 5) is 7.17. The zero-order valence-electron chi connectivity index (χ0n) is 13.6. The van der Waals surface area contributed by atoms with Crippen molar-refractivity contribution < 1.29 is 9.47 Å². The first-order valence-electron chi connectivity index (χ1n) is 7.97. The van der Waals surface area contributed by atoms with E-state index in [1.165, 1.54) is 0 Å². The maximum Gasteiger partial charge on any atom is 0.129 e. The van der Waals surface area contributed by atoms with Crippen LogP contribution in [0.4, 0.5) is 0 Å². The van der Waals surface area contributed by atoms with E-state index in [0.717, 1.165) is 49.1 Å². The molecule has 0 spiro atoms. The molecule has 0 unspecified atom stereocenters. The second-order valence-electron chi connectivity index (χ2n) is 5.95. The van der Waals surface area contributed by atoms with Crippen molar-refractivity contribution in [3.63, 3.8) is 0 Å². The van der Waals surface area contributed by atoms with Crippen LogP contribution in [0.3, 0.4) is 0 Å². The maximum atomic E-state index is 9.46. The van der Waals surface area contributed by atoms with E-state index in [-0.39, 0.29) is 12.5 Å². The molecule has 0 aromatic heterocycles. The Morgan fingerprint density at radius 3 is 2.70 bits per heavy atom. The predicted octanol–water partition coefficient (Wildman–Crippen LogP) is 2.70. The zero-order valence-corrected chi connectivity index (χ0v) is 13.6. The Labute approximate surface area is 136 Å². The number of fused-ring (bicyclic) bond motifs is 1. The molecular formula is C18H21N3O2. The molecule has 1 fully saturated rings. The Kier molecular flexibility index (Phi) is 4.63. The number of morpholine rings is 1. The van der Waals surface area contributed by atoms with E-state index in [0.29, 0.717) is 5.57 Å². The van der Waals surface area contributed by atoms with Gasteiger partial charge in [0.1, 0.15) is 24.3 Å². The number of benzene rings is 1. The molecule has 0 radical (unpaired) electrons. The van der Waals surface area contributed by atoms with Gasteiger partial charge in [-0.15, -0.1) is 0 Å². The Morgan fingerprint density at radius 1 is 1.26 bits per heavy atom. The van der Waals surface area contributed by atoms with Crippen LogP contribution in [0.1, 0.15) is 19.4 Å². The van der Waals surface area contributed by atoms with Gasteiger partial charge in [0.2, 0.25) is 0 Å². The summed E-state index contributed by atoms with van der Waals surface area (Å²) >= 11 is 0. The Hall–Kier alpha value is -2.32. The molecule has 0 amide bonds. The number of nitriles is 1. The minimum absolute atomic E-state index is 0.274. The van der Waals surface area contributed by atoms with Gasteiger partial charge < -0.3 is 14.4 Å². The largest absolute Gasteiger partial charge is 0.487 e. The number of hydrogen-bond acceptors (Lipinski definition) is 4. The molecule has 2 heterocycles. The lowest BCUT2D eigenvalue weighted by atomic mass is 10.0. The van der Waals surface area contributed by atoms with Gasteiger partial charge in [0.15, 0.2) is 0 Å². The van der Waals surface area contributed by atoms with Crippen molar-refractivity contribution in [3.05, 3.63) is 35.4 Å². The Morgan fingerprint density at radius 2 is 2.00 bits per heavy atom. The molecule has 1 aromatic carbocycles. The van der Waals surface area contributed by atoms with Crippen molar-refractivity contribution in [2.24, 2.45) is 10.9 Å². The molecule has 0 atom stereocenters. The molecular weight excluding hydrogens is 290 g/mol. The van der Waals surface area contributed by atoms with Crippen LogP contribution in [-0.4, -0.2) is 43.6 Å². The van der Waals surface area contributed by atoms with Crippen molar-refractivity contribution in [2.45, 2.75) is 13.8 Å². The highest BCUT2D eigenvalue weighted by atomic mass is 16.5. The van der Waals surface area contributed by atoms with Crippen molar-refractivity contribution in [1.82, 2.24) is 4.90 Å². The molecule has 0 saturated carbocycles. The van der Waals surface area contributed by atoms with Gasteiger partial charge >= 0.3 is 0 Å². The number of hydrogen-bond donors (Lipinski definition) is 0. The summed E-state index contributed by atoms with van der Waals surface area (Å²) < 4.78 is 11.1. The van der Waals surface area contributed by atoms with Gasteiger partial charge in [-0.3, -0.25) is 0 Å². The highest BCUT2D eigenvalue weighted by Gasteiger charge is 2.23. The third kappa shape index (κ3) is 3.22. The fraction of sp³-hybridized carbons (Fsp3) is 0.444. The number of rotatable bonds is 2. The Bertz CT molecular complexity index is 680. The van der Waals surface area contributed by atoms with E-state index in [2.05, 4.69) is 24.8 Å². The molecule has 0 aliphatic carbocycles. The van der Waals surface area contributed by atoms with E-state index in [4.69, 9.17) is 14.5 Å². The highest BCUT2D eigenvalue weighted by Crippen LogP contribution is 2.34. The average Bonchev–Trinajstić information content (AvgIpc) is 2.59. The van der Waals surface area contributed by atoms with E-state index < -0.39 is 0 Å². The summed E-state index contributed by atoms with van der Waals surface area (Å²) in [7, 11) is 0. The molecule has 2 aliphatic rings. The van der Waals surface area contributed by atoms with E-state index in [9.17, 15) is 5.26 Å². The minimum atomic E-state index is 0.274. The first-order chi connectivity index (χ1) is 11.2. The van der Waals surface area contributed by atoms with Crippen molar-refractivity contribution >= 4 is 11.5 Å². The maximum absolute atomic E-state index is 9.46. The van der Waals surface area contributed by atoms with Crippen molar-refractivity contribution in [2.75, 3.05) is 32.9 Å². The molecule has 1 saturated heterocycles. The van der Waals surface area contributed by atoms with Crippen LogP contribution < -0.4 is 4.74 Å². The molecule has 23 heavy (non-hydrogen) atoms. The number of nitrogens with zero attached hydrogens (tertiary/aromatic N) is 3. The summed E-state index contributed by atoms with van der Waals surface area (Å²) in [6.45, 7) is 7.65.